The van der Waals surface area contributed by atoms with E-state index in [1.807, 2.05) is 47.2 Å². The Morgan fingerprint density at radius 3 is 2.79 bits per heavy atom. The Morgan fingerprint density at radius 2 is 2.10 bits per heavy atom. The van der Waals surface area contributed by atoms with Crippen molar-refractivity contribution in [1.82, 2.24) is 20.2 Å². The smallest absolute Gasteiger partial charge is 0.250 e. The largest absolute Gasteiger partial charge is 0.493 e. The van der Waals surface area contributed by atoms with E-state index < -0.39 is 0 Å². The second kappa shape index (κ2) is 10.1. The maximum Gasteiger partial charge on any atom is 0.250 e. The number of carbonyl (C=O) groups is 1. The number of carbonyl (C=O) groups excluding carboxylic acids is 1. The minimum Gasteiger partial charge on any atom is -0.493 e. The van der Waals surface area contributed by atoms with Gasteiger partial charge < -0.3 is 14.0 Å². The summed E-state index contributed by atoms with van der Waals surface area (Å²) in [6, 6.07) is 9.44. The van der Waals surface area contributed by atoms with Gasteiger partial charge in [0.25, 0.3) is 5.91 Å². The van der Waals surface area contributed by atoms with E-state index in [0.29, 0.717) is 29.0 Å². The van der Waals surface area contributed by atoms with E-state index in [1.165, 1.54) is 11.8 Å². The lowest BCUT2D eigenvalue weighted by atomic mass is 10.2. The second-order valence-electron chi connectivity index (χ2n) is 5.72. The van der Waals surface area contributed by atoms with Crippen LogP contribution in [0.4, 0.5) is 0 Å². The molecule has 0 fully saturated rings. The van der Waals surface area contributed by atoms with Crippen LogP contribution in [0.3, 0.4) is 0 Å². The van der Waals surface area contributed by atoms with Crippen LogP contribution in [0.25, 0.3) is 11.4 Å². The third kappa shape index (κ3) is 5.15. The fraction of sp³-hybridized carbons (Fsp3) is 0.263. The molecule has 0 saturated carbocycles. The molecule has 0 spiro atoms. The Labute approximate surface area is 176 Å². The van der Waals surface area contributed by atoms with Gasteiger partial charge in [-0.1, -0.05) is 17.8 Å². The molecule has 0 atom stereocenters. The molecule has 1 N–H and O–H groups in total. The quantitative estimate of drug-likeness (QED) is 0.318. The van der Waals surface area contributed by atoms with Crippen molar-refractivity contribution >= 4 is 35.2 Å². The number of ether oxygens (including phenoxy) is 2. The molecule has 1 aromatic carbocycles. The van der Waals surface area contributed by atoms with Crippen LogP contribution in [-0.2, 0) is 11.3 Å². The number of thiophene rings is 1. The van der Waals surface area contributed by atoms with Crippen molar-refractivity contribution in [3.05, 3.63) is 40.6 Å². The molecule has 0 aliphatic rings. The molecule has 0 saturated heterocycles. The molecule has 152 valence electrons. The molecule has 0 bridgehead atoms. The van der Waals surface area contributed by atoms with Gasteiger partial charge in [-0.2, -0.15) is 5.10 Å². The number of nitrogens with zero attached hydrogens (tertiary/aromatic N) is 4. The lowest BCUT2D eigenvalue weighted by Gasteiger charge is -2.10. The van der Waals surface area contributed by atoms with Gasteiger partial charge in [-0.25, -0.2) is 5.43 Å². The zero-order valence-corrected chi connectivity index (χ0v) is 17.9. The summed E-state index contributed by atoms with van der Waals surface area (Å²) in [5.74, 6) is 1.94. The van der Waals surface area contributed by atoms with Gasteiger partial charge in [0.15, 0.2) is 22.5 Å². The standard InChI is InChI=1S/C19H21N5O3S2/c1-4-24-18(13-7-8-15(26-2)16(10-13)27-3)22-23-19(24)29-12-17(25)21-20-11-14-6-5-9-28-14/h5-11H,4,12H2,1-3H3,(H,21,25)/b20-11-. The molecule has 0 radical (unpaired) electrons. The molecule has 10 heteroatoms. The molecular formula is C19H21N5O3S2. The summed E-state index contributed by atoms with van der Waals surface area (Å²) < 4.78 is 12.6. The highest BCUT2D eigenvalue weighted by Crippen LogP contribution is 2.32. The number of benzene rings is 1. The Kier molecular flexibility index (Phi) is 7.25. The molecule has 29 heavy (non-hydrogen) atoms. The molecule has 3 aromatic rings. The number of hydrogen-bond donors (Lipinski definition) is 1. The average molecular weight is 432 g/mol. The minimum atomic E-state index is -0.207. The summed E-state index contributed by atoms with van der Waals surface area (Å²) in [6.07, 6.45) is 1.62. The maximum atomic E-state index is 12.0. The summed E-state index contributed by atoms with van der Waals surface area (Å²) in [5.41, 5.74) is 3.38. The van der Waals surface area contributed by atoms with E-state index in [-0.39, 0.29) is 11.7 Å². The molecular weight excluding hydrogens is 410 g/mol. The van der Waals surface area contributed by atoms with Crippen LogP contribution in [0.15, 0.2) is 46.0 Å². The highest BCUT2D eigenvalue weighted by molar-refractivity contribution is 7.99. The predicted molar refractivity (Wildman–Crippen MR) is 115 cm³/mol. The van der Waals surface area contributed by atoms with Crippen LogP contribution in [-0.4, -0.2) is 46.9 Å². The first-order valence-corrected chi connectivity index (χ1v) is 10.7. The van der Waals surface area contributed by atoms with Crippen molar-refractivity contribution in [3.8, 4) is 22.9 Å². The van der Waals surface area contributed by atoms with E-state index >= 15 is 0 Å². The molecule has 2 aromatic heterocycles. The summed E-state index contributed by atoms with van der Waals surface area (Å²) >= 11 is 2.86. The maximum absolute atomic E-state index is 12.0. The Hall–Kier alpha value is -2.85. The lowest BCUT2D eigenvalue weighted by molar-refractivity contribution is -0.118. The van der Waals surface area contributed by atoms with E-state index in [2.05, 4.69) is 20.7 Å². The summed E-state index contributed by atoms with van der Waals surface area (Å²) in [6.45, 7) is 2.67. The first kappa shape index (κ1) is 20.9. The normalized spacial score (nSPS) is 11.0. The molecule has 0 aliphatic carbocycles. The zero-order valence-electron chi connectivity index (χ0n) is 16.3. The van der Waals surface area contributed by atoms with Crippen LogP contribution >= 0.6 is 23.1 Å². The number of aromatic nitrogens is 3. The van der Waals surface area contributed by atoms with Gasteiger partial charge in [0.05, 0.1) is 26.2 Å². The van der Waals surface area contributed by atoms with Gasteiger partial charge in [-0.15, -0.1) is 21.5 Å². The van der Waals surface area contributed by atoms with Gasteiger partial charge in [-0.3, -0.25) is 4.79 Å². The minimum absolute atomic E-state index is 0.186. The Balaban J connectivity index is 1.67. The summed E-state index contributed by atoms with van der Waals surface area (Å²) in [7, 11) is 3.18. The molecule has 8 nitrogen and oxygen atoms in total. The number of thioether (sulfide) groups is 1. The van der Waals surface area contributed by atoms with E-state index in [1.54, 1.807) is 31.8 Å². The Morgan fingerprint density at radius 1 is 1.28 bits per heavy atom. The van der Waals surface area contributed by atoms with Crippen molar-refractivity contribution < 1.29 is 14.3 Å². The third-order valence-corrected chi connectivity index (χ3v) is 5.71. The van der Waals surface area contributed by atoms with Gasteiger partial charge in [0.2, 0.25) is 0 Å². The van der Waals surface area contributed by atoms with Crippen LogP contribution < -0.4 is 14.9 Å². The Bertz CT molecular complexity index is 986. The van der Waals surface area contributed by atoms with Crippen molar-refractivity contribution in [2.45, 2.75) is 18.6 Å². The molecule has 2 heterocycles. The van der Waals surface area contributed by atoms with Gasteiger partial charge in [-0.05, 0) is 36.6 Å². The number of nitrogens with one attached hydrogen (secondary N) is 1. The summed E-state index contributed by atoms with van der Waals surface area (Å²) in [5, 5.41) is 15.1. The molecule has 0 aliphatic heterocycles. The third-order valence-electron chi connectivity index (χ3n) is 3.93. The lowest BCUT2D eigenvalue weighted by Crippen LogP contribution is -2.19. The van der Waals surface area contributed by atoms with Gasteiger partial charge in [0, 0.05) is 17.0 Å². The average Bonchev–Trinajstić information content (AvgIpc) is 3.41. The van der Waals surface area contributed by atoms with Gasteiger partial charge >= 0.3 is 0 Å². The van der Waals surface area contributed by atoms with Gasteiger partial charge in [0.1, 0.15) is 0 Å². The van der Waals surface area contributed by atoms with Crippen LogP contribution in [0.2, 0.25) is 0 Å². The van der Waals surface area contributed by atoms with Crippen LogP contribution in [0.1, 0.15) is 11.8 Å². The van der Waals surface area contributed by atoms with E-state index in [4.69, 9.17) is 9.47 Å². The zero-order chi connectivity index (χ0) is 20.6. The number of methoxy groups -OCH3 is 2. The van der Waals surface area contributed by atoms with Crippen LogP contribution in [0.5, 0.6) is 11.5 Å². The highest BCUT2D eigenvalue weighted by atomic mass is 32.2. The molecule has 3 rings (SSSR count). The monoisotopic (exact) mass is 431 g/mol. The fourth-order valence-corrected chi connectivity index (χ4v) is 3.94. The molecule has 0 unspecified atom stereocenters. The number of hydrazone groups is 1. The topological polar surface area (TPSA) is 90.6 Å². The van der Waals surface area contributed by atoms with Crippen molar-refractivity contribution in [1.29, 1.82) is 0 Å². The second-order valence-corrected chi connectivity index (χ2v) is 7.64. The fourth-order valence-electron chi connectivity index (χ4n) is 2.56. The van der Waals surface area contributed by atoms with Crippen molar-refractivity contribution in [3.63, 3.8) is 0 Å². The predicted octanol–water partition coefficient (Wildman–Crippen LogP) is 3.29. The number of hydrogen-bond acceptors (Lipinski definition) is 8. The first-order chi connectivity index (χ1) is 14.2. The van der Waals surface area contributed by atoms with Crippen LogP contribution in [0, 0.1) is 0 Å². The van der Waals surface area contributed by atoms with Crippen molar-refractivity contribution in [2.75, 3.05) is 20.0 Å². The summed E-state index contributed by atoms with van der Waals surface area (Å²) in [4.78, 5) is 13.0. The number of amides is 1. The number of rotatable bonds is 9. The first-order valence-electron chi connectivity index (χ1n) is 8.80. The SMILES string of the molecule is CCn1c(SCC(=O)N/N=C\c2cccs2)nnc1-c1ccc(OC)c(OC)c1. The molecule has 1 amide bonds. The highest BCUT2D eigenvalue weighted by Gasteiger charge is 2.16. The van der Waals surface area contributed by atoms with E-state index in [9.17, 15) is 4.79 Å². The van der Waals surface area contributed by atoms with E-state index in [0.717, 1.165) is 10.4 Å². The van der Waals surface area contributed by atoms with Crippen molar-refractivity contribution in [2.24, 2.45) is 5.10 Å².